The summed E-state index contributed by atoms with van der Waals surface area (Å²) in [6.07, 6.45) is 2.27. The first-order valence-electron chi connectivity index (χ1n) is 8.47. The van der Waals surface area contributed by atoms with Gasteiger partial charge < -0.3 is 14.8 Å². The molecule has 6 heteroatoms. The molecule has 0 amide bonds. The average molecular weight is 351 g/mol. The molecule has 134 valence electrons. The van der Waals surface area contributed by atoms with Crippen molar-refractivity contribution in [3.05, 3.63) is 53.9 Å². The van der Waals surface area contributed by atoms with Crippen molar-refractivity contribution in [2.45, 2.75) is 20.3 Å². The second-order valence-electron chi connectivity index (χ2n) is 5.86. The summed E-state index contributed by atoms with van der Waals surface area (Å²) in [7, 11) is 1.62. The topological polar surface area (TPSA) is 73.3 Å². The fourth-order valence-electron chi connectivity index (χ4n) is 2.55. The van der Waals surface area contributed by atoms with Crippen LogP contribution in [0.4, 0.5) is 11.4 Å². The molecule has 0 aliphatic rings. The highest BCUT2D eigenvalue weighted by molar-refractivity contribution is 6.05. The van der Waals surface area contributed by atoms with Crippen LogP contribution in [0.5, 0.6) is 5.75 Å². The molecule has 0 radical (unpaired) electrons. The Morgan fingerprint density at radius 3 is 2.62 bits per heavy atom. The molecule has 0 unspecified atom stereocenters. The number of hydrogen-bond acceptors (Lipinski definition) is 6. The number of nitrogens with zero attached hydrogens (tertiary/aromatic N) is 2. The van der Waals surface area contributed by atoms with Crippen molar-refractivity contribution in [3.63, 3.8) is 0 Å². The van der Waals surface area contributed by atoms with Gasteiger partial charge in [-0.1, -0.05) is 6.92 Å². The van der Waals surface area contributed by atoms with Crippen molar-refractivity contribution in [1.29, 1.82) is 0 Å². The Labute approximate surface area is 152 Å². The third-order valence-corrected chi connectivity index (χ3v) is 3.89. The summed E-state index contributed by atoms with van der Waals surface area (Å²) < 4.78 is 10.5. The third kappa shape index (κ3) is 3.74. The molecule has 0 aliphatic heterocycles. The quantitative estimate of drug-likeness (QED) is 0.669. The third-order valence-electron chi connectivity index (χ3n) is 3.89. The largest absolute Gasteiger partial charge is 0.497 e. The molecule has 1 N–H and O–H groups in total. The van der Waals surface area contributed by atoms with Crippen LogP contribution in [-0.4, -0.2) is 29.7 Å². The van der Waals surface area contributed by atoms with Gasteiger partial charge in [-0.05, 0) is 49.7 Å². The second kappa shape index (κ2) is 7.82. The zero-order chi connectivity index (χ0) is 18.5. The SMILES string of the molecule is CCCOC(=O)c1cnc2nc(C)ccc2c1Nc1ccc(OC)cc1. The van der Waals surface area contributed by atoms with Gasteiger partial charge in [-0.3, -0.25) is 0 Å². The molecule has 26 heavy (non-hydrogen) atoms. The maximum atomic E-state index is 12.5. The monoisotopic (exact) mass is 351 g/mol. The van der Waals surface area contributed by atoms with Crippen LogP contribution in [-0.2, 0) is 4.74 Å². The number of nitrogens with one attached hydrogen (secondary N) is 1. The maximum absolute atomic E-state index is 12.5. The van der Waals surface area contributed by atoms with Gasteiger partial charge in [0.15, 0.2) is 5.65 Å². The Bertz CT molecular complexity index is 923. The van der Waals surface area contributed by atoms with Gasteiger partial charge in [-0.25, -0.2) is 14.8 Å². The molecule has 3 rings (SSSR count). The van der Waals surface area contributed by atoms with Crippen LogP contribution in [0.3, 0.4) is 0 Å². The first-order chi connectivity index (χ1) is 12.6. The van der Waals surface area contributed by atoms with Gasteiger partial charge in [-0.15, -0.1) is 0 Å². The minimum atomic E-state index is -0.405. The summed E-state index contributed by atoms with van der Waals surface area (Å²) in [5.41, 5.74) is 3.28. The van der Waals surface area contributed by atoms with Crippen molar-refractivity contribution in [3.8, 4) is 5.75 Å². The van der Waals surface area contributed by atoms with Gasteiger partial charge in [0.1, 0.15) is 11.3 Å². The van der Waals surface area contributed by atoms with Gasteiger partial charge in [0.25, 0.3) is 0 Å². The van der Waals surface area contributed by atoms with E-state index in [1.54, 1.807) is 7.11 Å². The minimum absolute atomic E-state index is 0.366. The number of pyridine rings is 2. The first kappa shape index (κ1) is 17.7. The second-order valence-corrected chi connectivity index (χ2v) is 5.86. The van der Waals surface area contributed by atoms with Crippen molar-refractivity contribution in [2.24, 2.45) is 0 Å². The highest BCUT2D eigenvalue weighted by Crippen LogP contribution is 2.30. The number of carbonyl (C=O) groups excluding carboxylic acids is 1. The van der Waals surface area contributed by atoms with E-state index >= 15 is 0 Å². The number of benzene rings is 1. The smallest absolute Gasteiger partial charge is 0.341 e. The Balaban J connectivity index is 2.06. The van der Waals surface area contributed by atoms with Gasteiger partial charge in [0.05, 0.1) is 19.4 Å². The molecule has 0 saturated heterocycles. The Morgan fingerprint density at radius 2 is 1.92 bits per heavy atom. The summed E-state index contributed by atoms with van der Waals surface area (Å²) >= 11 is 0. The Hall–Kier alpha value is -3.15. The van der Waals surface area contributed by atoms with E-state index in [4.69, 9.17) is 9.47 Å². The van der Waals surface area contributed by atoms with Crippen LogP contribution in [0.25, 0.3) is 11.0 Å². The molecule has 6 nitrogen and oxygen atoms in total. The zero-order valence-corrected chi connectivity index (χ0v) is 15.1. The van der Waals surface area contributed by atoms with Gasteiger partial charge in [0.2, 0.25) is 0 Å². The standard InChI is InChI=1S/C20H21N3O3/c1-4-11-26-20(24)17-12-21-19-16(10-5-13(2)22-19)18(17)23-14-6-8-15(25-3)9-7-14/h5-10,12H,4,11H2,1-3H3,(H,21,22,23). The number of aryl methyl sites for hydroxylation is 1. The molecule has 0 atom stereocenters. The fraction of sp³-hybridized carbons (Fsp3) is 0.250. The first-order valence-corrected chi connectivity index (χ1v) is 8.47. The van der Waals surface area contributed by atoms with E-state index in [1.165, 1.54) is 6.20 Å². The van der Waals surface area contributed by atoms with Gasteiger partial charge in [-0.2, -0.15) is 0 Å². The zero-order valence-electron chi connectivity index (χ0n) is 15.1. The van der Waals surface area contributed by atoms with E-state index in [0.717, 1.165) is 28.9 Å². The average Bonchev–Trinajstić information content (AvgIpc) is 2.66. The fourth-order valence-corrected chi connectivity index (χ4v) is 2.55. The van der Waals surface area contributed by atoms with E-state index in [9.17, 15) is 4.79 Å². The van der Waals surface area contributed by atoms with Crippen LogP contribution in [0.15, 0.2) is 42.6 Å². The van der Waals surface area contributed by atoms with E-state index in [0.29, 0.717) is 23.5 Å². The normalized spacial score (nSPS) is 10.6. The molecular formula is C20H21N3O3. The lowest BCUT2D eigenvalue weighted by atomic mass is 10.1. The van der Waals surface area contributed by atoms with Gasteiger partial charge in [0, 0.05) is 23.0 Å². The number of methoxy groups -OCH3 is 1. The highest BCUT2D eigenvalue weighted by atomic mass is 16.5. The predicted octanol–water partition coefficient (Wildman–Crippen LogP) is 4.26. The molecule has 1 aromatic carbocycles. The molecule has 2 heterocycles. The van der Waals surface area contributed by atoms with E-state index in [2.05, 4.69) is 15.3 Å². The molecule has 0 bridgehead atoms. The van der Waals surface area contributed by atoms with E-state index < -0.39 is 5.97 Å². The summed E-state index contributed by atoms with van der Waals surface area (Å²) in [6, 6.07) is 11.3. The van der Waals surface area contributed by atoms with Crippen LogP contribution in [0.1, 0.15) is 29.4 Å². The van der Waals surface area contributed by atoms with Crippen molar-refractivity contribution < 1.29 is 14.3 Å². The van der Waals surface area contributed by atoms with E-state index in [-0.39, 0.29) is 0 Å². The summed E-state index contributed by atoms with van der Waals surface area (Å²) in [5, 5.41) is 4.07. The van der Waals surface area contributed by atoms with Crippen LogP contribution >= 0.6 is 0 Å². The van der Waals surface area contributed by atoms with Crippen LogP contribution in [0, 0.1) is 6.92 Å². The summed E-state index contributed by atoms with van der Waals surface area (Å²) in [5.74, 6) is 0.354. The number of esters is 1. The van der Waals surface area contributed by atoms with Crippen molar-refractivity contribution >= 4 is 28.4 Å². The highest BCUT2D eigenvalue weighted by Gasteiger charge is 2.18. The number of ether oxygens (including phenoxy) is 2. The maximum Gasteiger partial charge on any atom is 0.341 e. The summed E-state index contributed by atoms with van der Waals surface area (Å²) in [4.78, 5) is 21.3. The number of hydrogen-bond donors (Lipinski definition) is 1. The van der Waals surface area contributed by atoms with E-state index in [1.807, 2.05) is 50.2 Å². The lowest BCUT2D eigenvalue weighted by molar-refractivity contribution is 0.0506. The lowest BCUT2D eigenvalue weighted by Gasteiger charge is -2.14. The number of carbonyl (C=O) groups is 1. The number of rotatable bonds is 6. The van der Waals surface area contributed by atoms with Gasteiger partial charge >= 0.3 is 5.97 Å². The van der Waals surface area contributed by atoms with Crippen LogP contribution < -0.4 is 10.1 Å². The lowest BCUT2D eigenvalue weighted by Crippen LogP contribution is -2.10. The number of aromatic nitrogens is 2. The minimum Gasteiger partial charge on any atom is -0.497 e. The number of fused-ring (bicyclic) bond motifs is 1. The summed E-state index contributed by atoms with van der Waals surface area (Å²) in [6.45, 7) is 4.22. The molecule has 0 fully saturated rings. The predicted molar refractivity (Wildman–Crippen MR) is 101 cm³/mol. The van der Waals surface area contributed by atoms with Crippen molar-refractivity contribution in [1.82, 2.24) is 9.97 Å². The Morgan fingerprint density at radius 1 is 1.15 bits per heavy atom. The van der Waals surface area contributed by atoms with Crippen LogP contribution in [0.2, 0.25) is 0 Å². The molecule has 0 aliphatic carbocycles. The molecule has 0 spiro atoms. The molecular weight excluding hydrogens is 330 g/mol. The number of anilines is 2. The molecule has 2 aromatic heterocycles. The molecule has 0 saturated carbocycles. The molecule has 3 aromatic rings. The Kier molecular flexibility index (Phi) is 5.31. The van der Waals surface area contributed by atoms with Crippen molar-refractivity contribution in [2.75, 3.05) is 19.0 Å².